The highest BCUT2D eigenvalue weighted by Gasteiger charge is 2.42. The molecular formula is C26H33N3O2S. The van der Waals surface area contributed by atoms with Crippen molar-refractivity contribution in [2.45, 2.75) is 57.9 Å². The van der Waals surface area contributed by atoms with Crippen LogP contribution >= 0.6 is 12.2 Å². The fraction of sp³-hybridized carbons (Fsp3) is 0.423. The maximum atomic E-state index is 13.3. The number of amides is 2. The predicted octanol–water partition coefficient (Wildman–Crippen LogP) is 5.03. The number of thiocarbonyl (C=S) groups is 1. The van der Waals surface area contributed by atoms with Gasteiger partial charge in [-0.3, -0.25) is 14.5 Å². The van der Waals surface area contributed by atoms with Crippen molar-refractivity contribution in [1.82, 2.24) is 9.80 Å². The maximum Gasteiger partial charge on any atom is 0.252 e. The summed E-state index contributed by atoms with van der Waals surface area (Å²) in [7, 11) is 0. The molecular weight excluding hydrogens is 418 g/mol. The van der Waals surface area contributed by atoms with Crippen molar-refractivity contribution in [2.24, 2.45) is 0 Å². The van der Waals surface area contributed by atoms with E-state index in [1.54, 1.807) is 4.90 Å². The van der Waals surface area contributed by atoms with Gasteiger partial charge in [0, 0.05) is 18.8 Å². The first-order chi connectivity index (χ1) is 15.6. The van der Waals surface area contributed by atoms with Crippen LogP contribution in [0.3, 0.4) is 0 Å². The first-order valence-corrected chi connectivity index (χ1v) is 12.0. The number of carbonyl (C=O) groups excluding carboxylic acids is 2. The van der Waals surface area contributed by atoms with Gasteiger partial charge >= 0.3 is 0 Å². The predicted molar refractivity (Wildman–Crippen MR) is 133 cm³/mol. The smallest absolute Gasteiger partial charge is 0.252 e. The van der Waals surface area contributed by atoms with Gasteiger partial charge in [-0.2, -0.15) is 0 Å². The topological polar surface area (TPSA) is 52.7 Å². The standard InChI is InChI=1S/C26H33N3O2S/c1-2-3-4-5-12-18-28-23(20-24(30)27-22-15-10-7-11-16-22)25(31)29(26(28)32)19-17-21-13-8-6-9-14-21/h6-11,13-16,23H,2-5,12,17-20H2,1H3,(H,27,30). The summed E-state index contributed by atoms with van der Waals surface area (Å²) < 4.78 is 0. The van der Waals surface area contributed by atoms with Crippen LogP contribution in [0.5, 0.6) is 0 Å². The molecule has 1 saturated heterocycles. The van der Waals surface area contributed by atoms with Gasteiger partial charge in [-0.1, -0.05) is 81.1 Å². The summed E-state index contributed by atoms with van der Waals surface area (Å²) in [5, 5.41) is 3.46. The summed E-state index contributed by atoms with van der Waals surface area (Å²) in [6, 6.07) is 18.9. The first kappa shape index (κ1) is 23.9. The molecule has 170 valence electrons. The fourth-order valence-electron chi connectivity index (χ4n) is 4.03. The van der Waals surface area contributed by atoms with Crippen LogP contribution in [-0.2, 0) is 16.0 Å². The van der Waals surface area contributed by atoms with Gasteiger partial charge in [0.2, 0.25) is 5.91 Å². The van der Waals surface area contributed by atoms with E-state index in [1.165, 1.54) is 24.8 Å². The number of para-hydroxylation sites is 1. The molecule has 2 amide bonds. The number of anilines is 1. The Kier molecular flexibility index (Phi) is 9.23. The Labute approximate surface area is 196 Å². The van der Waals surface area contributed by atoms with Crippen molar-refractivity contribution in [3.05, 3.63) is 66.2 Å². The van der Waals surface area contributed by atoms with Crippen molar-refractivity contribution < 1.29 is 9.59 Å². The quantitative estimate of drug-likeness (QED) is 0.363. The van der Waals surface area contributed by atoms with E-state index in [0.29, 0.717) is 18.2 Å². The van der Waals surface area contributed by atoms with Gasteiger partial charge < -0.3 is 10.2 Å². The lowest BCUT2D eigenvalue weighted by Gasteiger charge is -2.24. The van der Waals surface area contributed by atoms with Gasteiger partial charge in [0.15, 0.2) is 5.11 Å². The highest BCUT2D eigenvalue weighted by atomic mass is 32.1. The third-order valence-electron chi connectivity index (χ3n) is 5.81. The molecule has 0 bridgehead atoms. The number of rotatable bonds is 12. The molecule has 0 radical (unpaired) electrons. The van der Waals surface area contributed by atoms with E-state index in [4.69, 9.17) is 12.2 Å². The fourth-order valence-corrected chi connectivity index (χ4v) is 4.43. The van der Waals surface area contributed by atoms with Crippen molar-refractivity contribution in [2.75, 3.05) is 18.4 Å². The maximum absolute atomic E-state index is 13.3. The van der Waals surface area contributed by atoms with Crippen LogP contribution in [0, 0.1) is 0 Å². The summed E-state index contributed by atoms with van der Waals surface area (Å²) in [5.41, 5.74) is 1.90. The van der Waals surface area contributed by atoms with Gasteiger partial charge in [0.25, 0.3) is 5.91 Å². The van der Waals surface area contributed by atoms with Crippen LogP contribution in [0.4, 0.5) is 5.69 Å². The first-order valence-electron chi connectivity index (χ1n) is 11.6. The lowest BCUT2D eigenvalue weighted by molar-refractivity contribution is -0.130. The second-order valence-electron chi connectivity index (χ2n) is 8.25. The highest BCUT2D eigenvalue weighted by molar-refractivity contribution is 7.80. The van der Waals surface area contributed by atoms with E-state index in [2.05, 4.69) is 24.4 Å². The van der Waals surface area contributed by atoms with Gasteiger partial charge in [0.05, 0.1) is 6.42 Å². The van der Waals surface area contributed by atoms with E-state index in [1.807, 2.05) is 53.4 Å². The zero-order valence-electron chi connectivity index (χ0n) is 18.8. The van der Waals surface area contributed by atoms with Crippen LogP contribution in [0.15, 0.2) is 60.7 Å². The molecule has 3 rings (SSSR count). The second-order valence-corrected chi connectivity index (χ2v) is 8.61. The molecule has 0 spiro atoms. The number of hydrogen-bond acceptors (Lipinski definition) is 3. The molecule has 2 aromatic carbocycles. The molecule has 1 N–H and O–H groups in total. The molecule has 32 heavy (non-hydrogen) atoms. The van der Waals surface area contributed by atoms with Crippen LogP contribution in [0.1, 0.15) is 51.0 Å². The molecule has 0 aliphatic carbocycles. The minimum Gasteiger partial charge on any atom is -0.336 e. The molecule has 0 saturated carbocycles. The summed E-state index contributed by atoms with van der Waals surface area (Å²) in [4.78, 5) is 29.7. The Bertz CT molecular complexity index is 888. The van der Waals surface area contributed by atoms with Crippen molar-refractivity contribution in [3.8, 4) is 0 Å². The largest absolute Gasteiger partial charge is 0.336 e. The molecule has 6 heteroatoms. The van der Waals surface area contributed by atoms with E-state index in [-0.39, 0.29) is 18.2 Å². The van der Waals surface area contributed by atoms with E-state index in [0.717, 1.165) is 24.9 Å². The van der Waals surface area contributed by atoms with Crippen LogP contribution in [0.2, 0.25) is 0 Å². The van der Waals surface area contributed by atoms with Gasteiger partial charge in [-0.15, -0.1) is 0 Å². The average Bonchev–Trinajstić information content (AvgIpc) is 3.02. The second kappa shape index (κ2) is 12.3. The molecule has 1 aliphatic rings. The normalized spacial score (nSPS) is 16.0. The molecule has 0 aromatic heterocycles. The number of benzene rings is 2. The average molecular weight is 452 g/mol. The number of hydrogen-bond donors (Lipinski definition) is 1. The number of carbonyl (C=O) groups is 2. The highest BCUT2D eigenvalue weighted by Crippen LogP contribution is 2.23. The molecule has 2 aromatic rings. The lowest BCUT2D eigenvalue weighted by Crippen LogP contribution is -2.38. The van der Waals surface area contributed by atoms with Crippen molar-refractivity contribution >= 4 is 34.8 Å². The summed E-state index contributed by atoms with van der Waals surface area (Å²) in [5.74, 6) is -0.235. The molecule has 1 heterocycles. The van der Waals surface area contributed by atoms with E-state index >= 15 is 0 Å². The van der Waals surface area contributed by atoms with Crippen LogP contribution in [0.25, 0.3) is 0 Å². The Morgan fingerprint density at radius 1 is 0.938 bits per heavy atom. The third-order valence-corrected chi connectivity index (χ3v) is 6.26. The molecule has 1 atom stereocenters. The zero-order valence-corrected chi connectivity index (χ0v) is 19.7. The van der Waals surface area contributed by atoms with E-state index < -0.39 is 6.04 Å². The molecule has 5 nitrogen and oxygen atoms in total. The Hall–Kier alpha value is -2.73. The monoisotopic (exact) mass is 451 g/mol. The Morgan fingerprint density at radius 3 is 2.28 bits per heavy atom. The Balaban J connectivity index is 1.65. The zero-order chi connectivity index (χ0) is 22.8. The molecule has 1 aliphatic heterocycles. The van der Waals surface area contributed by atoms with Crippen LogP contribution < -0.4 is 5.32 Å². The van der Waals surface area contributed by atoms with Gasteiger partial charge in [-0.25, -0.2) is 0 Å². The SMILES string of the molecule is CCCCCCCN1C(=S)N(CCc2ccccc2)C(=O)C1CC(=O)Nc1ccccc1. The van der Waals surface area contributed by atoms with Gasteiger partial charge in [0.1, 0.15) is 6.04 Å². The summed E-state index contributed by atoms with van der Waals surface area (Å²) in [6.45, 7) is 3.44. The molecule has 1 unspecified atom stereocenters. The summed E-state index contributed by atoms with van der Waals surface area (Å²) >= 11 is 5.71. The number of nitrogens with zero attached hydrogens (tertiary/aromatic N) is 2. The number of unbranched alkanes of at least 4 members (excludes halogenated alkanes) is 4. The number of nitrogens with one attached hydrogen (secondary N) is 1. The molecule has 1 fully saturated rings. The third kappa shape index (κ3) is 6.63. The minimum atomic E-state index is -0.534. The van der Waals surface area contributed by atoms with E-state index in [9.17, 15) is 9.59 Å². The van der Waals surface area contributed by atoms with Crippen molar-refractivity contribution in [3.63, 3.8) is 0 Å². The summed E-state index contributed by atoms with van der Waals surface area (Å²) in [6.07, 6.45) is 6.50. The minimum absolute atomic E-state index is 0.0669. The van der Waals surface area contributed by atoms with Crippen LogP contribution in [-0.4, -0.2) is 45.9 Å². The Morgan fingerprint density at radius 2 is 1.59 bits per heavy atom. The lowest BCUT2D eigenvalue weighted by atomic mass is 10.1. The van der Waals surface area contributed by atoms with Crippen molar-refractivity contribution in [1.29, 1.82) is 0 Å². The van der Waals surface area contributed by atoms with Gasteiger partial charge in [-0.05, 0) is 42.8 Å².